The molecule has 2 nitrogen and oxygen atoms in total. The van der Waals surface area contributed by atoms with Crippen LogP contribution < -0.4 is 9.47 Å². The monoisotopic (exact) mass is 326 g/mol. The van der Waals surface area contributed by atoms with Gasteiger partial charge in [0, 0.05) is 4.83 Å². The summed E-state index contributed by atoms with van der Waals surface area (Å²) in [7, 11) is 0. The molecule has 2 atom stereocenters. The number of hydrogen-bond acceptors (Lipinski definition) is 2. The van der Waals surface area contributed by atoms with E-state index in [0.29, 0.717) is 29.4 Å². The molecule has 1 fully saturated rings. The van der Waals surface area contributed by atoms with Crippen LogP contribution in [0.3, 0.4) is 0 Å². The Morgan fingerprint density at radius 2 is 1.79 bits per heavy atom. The molecular weight excluding hydrogens is 304 g/mol. The van der Waals surface area contributed by atoms with E-state index < -0.39 is 0 Å². The van der Waals surface area contributed by atoms with E-state index in [4.69, 9.17) is 9.47 Å². The number of ether oxygens (including phenoxy) is 2. The molecule has 19 heavy (non-hydrogen) atoms. The molecule has 0 spiro atoms. The average Bonchev–Trinajstić information content (AvgIpc) is 3.00. The van der Waals surface area contributed by atoms with Crippen LogP contribution in [0.2, 0.25) is 0 Å². The van der Waals surface area contributed by atoms with Crippen LogP contribution in [0.4, 0.5) is 0 Å². The second kappa shape index (κ2) is 5.74. The Bertz CT molecular complexity index is 442. The maximum Gasteiger partial charge on any atom is 0.161 e. The van der Waals surface area contributed by atoms with Crippen LogP contribution in [-0.2, 0) is 0 Å². The van der Waals surface area contributed by atoms with Crippen molar-refractivity contribution in [3.05, 3.63) is 23.8 Å². The van der Waals surface area contributed by atoms with E-state index in [0.717, 1.165) is 11.5 Å². The molecule has 0 bridgehead atoms. The highest BCUT2D eigenvalue weighted by Gasteiger charge is 2.49. The lowest BCUT2D eigenvalue weighted by Gasteiger charge is -2.16. The zero-order valence-corrected chi connectivity index (χ0v) is 13.8. The summed E-state index contributed by atoms with van der Waals surface area (Å²) in [5.74, 6) is 2.40. The second-order valence-electron chi connectivity index (χ2n) is 5.77. The third kappa shape index (κ3) is 3.25. The number of alkyl halides is 1. The number of benzene rings is 1. The average molecular weight is 327 g/mol. The molecule has 1 aliphatic rings. The first-order valence-corrected chi connectivity index (χ1v) is 7.94. The smallest absolute Gasteiger partial charge is 0.161 e. The maximum absolute atomic E-state index is 5.69. The van der Waals surface area contributed by atoms with Gasteiger partial charge in [-0.2, -0.15) is 0 Å². The lowest BCUT2D eigenvalue weighted by molar-refractivity contribution is 0.287. The van der Waals surface area contributed by atoms with E-state index in [9.17, 15) is 0 Å². The summed E-state index contributed by atoms with van der Waals surface area (Å²) < 4.78 is 11.3. The molecule has 0 amide bonds. The van der Waals surface area contributed by atoms with E-state index in [1.54, 1.807) is 0 Å². The standard InChI is InChI=1S/C16H23BrO2/c1-5-18-13-8-7-11(9-14(13)19-6-2)15(17)12-10-16(12,3)4/h7-9,12,15H,5-6,10H2,1-4H3. The SMILES string of the molecule is CCOc1ccc(C(Br)C2CC2(C)C)cc1OCC. The molecular formula is C16H23BrO2. The quantitative estimate of drug-likeness (QED) is 0.687. The second-order valence-corrected chi connectivity index (χ2v) is 6.76. The Labute approximate surface area is 124 Å². The molecule has 0 N–H and O–H groups in total. The minimum Gasteiger partial charge on any atom is -0.490 e. The van der Waals surface area contributed by atoms with Crippen LogP contribution in [0, 0.1) is 11.3 Å². The molecule has 0 radical (unpaired) electrons. The fourth-order valence-electron chi connectivity index (χ4n) is 2.48. The van der Waals surface area contributed by atoms with Crippen molar-refractivity contribution >= 4 is 15.9 Å². The molecule has 1 aromatic carbocycles. The van der Waals surface area contributed by atoms with Gasteiger partial charge in [-0.25, -0.2) is 0 Å². The van der Waals surface area contributed by atoms with E-state index in [1.165, 1.54) is 12.0 Å². The molecule has 0 aromatic heterocycles. The Morgan fingerprint density at radius 3 is 2.32 bits per heavy atom. The van der Waals surface area contributed by atoms with Gasteiger partial charge in [-0.15, -0.1) is 0 Å². The zero-order chi connectivity index (χ0) is 14.0. The van der Waals surface area contributed by atoms with Gasteiger partial charge in [0.15, 0.2) is 11.5 Å². The lowest BCUT2D eigenvalue weighted by Crippen LogP contribution is -2.02. The van der Waals surface area contributed by atoms with Crippen molar-refractivity contribution in [1.82, 2.24) is 0 Å². The minimum absolute atomic E-state index is 0.400. The summed E-state index contributed by atoms with van der Waals surface area (Å²) in [5.41, 5.74) is 1.74. The molecule has 106 valence electrons. The predicted molar refractivity (Wildman–Crippen MR) is 82.3 cm³/mol. The van der Waals surface area contributed by atoms with Gasteiger partial charge >= 0.3 is 0 Å². The summed E-state index contributed by atoms with van der Waals surface area (Å²) in [5, 5.41) is 0. The summed E-state index contributed by atoms with van der Waals surface area (Å²) in [6.45, 7) is 9.95. The van der Waals surface area contributed by atoms with E-state index in [-0.39, 0.29) is 0 Å². The van der Waals surface area contributed by atoms with Gasteiger partial charge < -0.3 is 9.47 Å². The van der Waals surface area contributed by atoms with E-state index in [1.807, 2.05) is 19.9 Å². The van der Waals surface area contributed by atoms with Gasteiger partial charge in [0.05, 0.1) is 13.2 Å². The number of rotatable bonds is 6. The lowest BCUT2D eigenvalue weighted by atomic mass is 10.0. The van der Waals surface area contributed by atoms with Crippen molar-refractivity contribution in [2.75, 3.05) is 13.2 Å². The molecule has 0 heterocycles. The Morgan fingerprint density at radius 1 is 1.21 bits per heavy atom. The molecule has 1 aliphatic carbocycles. The third-order valence-corrected chi connectivity index (χ3v) is 5.00. The van der Waals surface area contributed by atoms with Crippen LogP contribution >= 0.6 is 15.9 Å². The molecule has 0 saturated heterocycles. The zero-order valence-electron chi connectivity index (χ0n) is 12.2. The molecule has 1 saturated carbocycles. The topological polar surface area (TPSA) is 18.5 Å². The van der Waals surface area contributed by atoms with E-state index >= 15 is 0 Å². The van der Waals surface area contributed by atoms with Crippen molar-refractivity contribution in [1.29, 1.82) is 0 Å². The molecule has 3 heteroatoms. The van der Waals surface area contributed by atoms with Crippen LogP contribution in [0.15, 0.2) is 18.2 Å². The van der Waals surface area contributed by atoms with Crippen molar-refractivity contribution in [2.24, 2.45) is 11.3 Å². The van der Waals surface area contributed by atoms with Crippen LogP contribution in [-0.4, -0.2) is 13.2 Å². The highest BCUT2D eigenvalue weighted by molar-refractivity contribution is 9.09. The minimum atomic E-state index is 0.400. The molecule has 2 unspecified atom stereocenters. The largest absolute Gasteiger partial charge is 0.490 e. The molecule has 1 aromatic rings. The number of halogens is 1. The molecule has 0 aliphatic heterocycles. The Hall–Kier alpha value is -0.700. The van der Waals surface area contributed by atoms with Gasteiger partial charge in [0.2, 0.25) is 0 Å². The predicted octanol–water partition coefficient (Wildman–Crippen LogP) is 4.97. The fraction of sp³-hybridized carbons (Fsp3) is 0.625. The first-order valence-electron chi connectivity index (χ1n) is 7.03. The van der Waals surface area contributed by atoms with Crippen molar-refractivity contribution in [3.8, 4) is 11.5 Å². The van der Waals surface area contributed by atoms with Crippen LogP contribution in [0.25, 0.3) is 0 Å². The fourth-order valence-corrected chi connectivity index (χ4v) is 3.67. The van der Waals surface area contributed by atoms with Crippen LogP contribution in [0.5, 0.6) is 11.5 Å². The number of hydrogen-bond donors (Lipinski definition) is 0. The first-order chi connectivity index (χ1) is 8.99. The van der Waals surface area contributed by atoms with E-state index in [2.05, 4.69) is 41.9 Å². The van der Waals surface area contributed by atoms with Crippen LogP contribution in [0.1, 0.15) is 44.5 Å². The summed E-state index contributed by atoms with van der Waals surface area (Å²) >= 11 is 3.84. The summed E-state index contributed by atoms with van der Waals surface area (Å²) in [6.07, 6.45) is 1.28. The van der Waals surface area contributed by atoms with Gasteiger partial charge in [-0.1, -0.05) is 35.8 Å². The van der Waals surface area contributed by atoms with Crippen molar-refractivity contribution in [2.45, 2.75) is 38.9 Å². The van der Waals surface area contributed by atoms with Gasteiger partial charge in [0.25, 0.3) is 0 Å². The highest BCUT2D eigenvalue weighted by Crippen LogP contribution is 2.60. The van der Waals surface area contributed by atoms with Gasteiger partial charge in [-0.3, -0.25) is 0 Å². The van der Waals surface area contributed by atoms with Gasteiger partial charge in [-0.05, 0) is 49.3 Å². The third-order valence-electron chi connectivity index (χ3n) is 3.83. The highest BCUT2D eigenvalue weighted by atomic mass is 79.9. The Kier molecular flexibility index (Phi) is 4.44. The maximum atomic E-state index is 5.69. The van der Waals surface area contributed by atoms with Gasteiger partial charge in [0.1, 0.15) is 0 Å². The normalized spacial score (nSPS) is 21.8. The Balaban J connectivity index is 2.20. The first kappa shape index (κ1) is 14.7. The van der Waals surface area contributed by atoms with Crippen molar-refractivity contribution in [3.63, 3.8) is 0 Å². The van der Waals surface area contributed by atoms with Crippen molar-refractivity contribution < 1.29 is 9.47 Å². The molecule has 2 rings (SSSR count). The summed E-state index contributed by atoms with van der Waals surface area (Å²) in [6, 6.07) is 6.27. The summed E-state index contributed by atoms with van der Waals surface area (Å²) in [4.78, 5) is 0.400.